The number of methoxy groups -OCH3 is 1. The number of carbonyl (C=O) groups excluding carboxylic acids is 1. The Morgan fingerprint density at radius 3 is 2.55 bits per heavy atom. The van der Waals surface area contributed by atoms with Gasteiger partial charge in [0.2, 0.25) is 0 Å². The Balaban J connectivity index is 1.55. The number of benzene rings is 3. The van der Waals surface area contributed by atoms with Crippen LogP contribution in [0, 0.1) is 6.92 Å². The fourth-order valence-electron chi connectivity index (χ4n) is 5.88. The SMILES string of the molecule is COc1ccc(CN2C(=O)C34Cc5ccccc5C3=C(c3ccccc3)C2C(C)=N4)c(C)c1. The van der Waals surface area contributed by atoms with Crippen molar-refractivity contribution in [3.63, 3.8) is 0 Å². The Bertz CT molecular complexity index is 1360. The minimum Gasteiger partial charge on any atom is -0.497 e. The molecule has 2 unspecified atom stereocenters. The Hall–Kier alpha value is -3.66. The summed E-state index contributed by atoms with van der Waals surface area (Å²) in [5.41, 5.74) is 8.26. The van der Waals surface area contributed by atoms with Crippen molar-refractivity contribution in [1.29, 1.82) is 0 Å². The van der Waals surface area contributed by atoms with Crippen LogP contribution in [0.15, 0.2) is 77.8 Å². The number of fused-ring (bicyclic) bond motifs is 2. The third-order valence-electron chi connectivity index (χ3n) is 7.35. The molecule has 3 aliphatic heterocycles. The van der Waals surface area contributed by atoms with E-state index in [1.54, 1.807) is 7.11 Å². The van der Waals surface area contributed by atoms with E-state index in [4.69, 9.17) is 9.73 Å². The number of rotatable bonds is 4. The standard InChI is InChI=1S/C29H26N2O2/c1-18-15-23(33-3)14-13-22(18)17-31-27-19(2)30-29(28(31)32)16-21-11-7-8-12-24(21)26(29)25(27)20-9-5-4-6-10-20/h4-15,27H,16-17H2,1-3H3. The molecule has 2 bridgehead atoms. The van der Waals surface area contributed by atoms with Crippen LogP contribution in [-0.2, 0) is 17.8 Å². The summed E-state index contributed by atoms with van der Waals surface area (Å²) in [5, 5.41) is 0. The highest BCUT2D eigenvalue weighted by Gasteiger charge is 2.60. The second kappa shape index (κ2) is 7.17. The predicted octanol–water partition coefficient (Wildman–Crippen LogP) is 5.09. The number of hydrogen-bond donors (Lipinski definition) is 0. The van der Waals surface area contributed by atoms with E-state index in [1.165, 1.54) is 16.7 Å². The van der Waals surface area contributed by atoms with Gasteiger partial charge in [0.1, 0.15) is 5.75 Å². The van der Waals surface area contributed by atoms with Crippen LogP contribution >= 0.6 is 0 Å². The van der Waals surface area contributed by atoms with Gasteiger partial charge in [-0.2, -0.15) is 0 Å². The smallest absolute Gasteiger partial charge is 0.256 e. The maximum Gasteiger partial charge on any atom is 0.256 e. The molecule has 4 nitrogen and oxygen atoms in total. The lowest BCUT2D eigenvalue weighted by Gasteiger charge is -2.49. The van der Waals surface area contributed by atoms with Gasteiger partial charge in [-0.3, -0.25) is 9.79 Å². The molecule has 1 aliphatic carbocycles. The first-order valence-electron chi connectivity index (χ1n) is 11.4. The molecular weight excluding hydrogens is 408 g/mol. The lowest BCUT2D eigenvalue weighted by molar-refractivity contribution is -0.137. The molecule has 3 aromatic rings. The number of ether oxygens (including phenoxy) is 1. The minimum atomic E-state index is -0.867. The highest BCUT2D eigenvalue weighted by atomic mass is 16.5. The molecule has 0 N–H and O–H groups in total. The Morgan fingerprint density at radius 2 is 1.79 bits per heavy atom. The molecule has 0 radical (unpaired) electrons. The summed E-state index contributed by atoms with van der Waals surface area (Å²) in [5.74, 6) is 0.941. The van der Waals surface area contributed by atoms with Crippen molar-refractivity contribution < 1.29 is 9.53 Å². The molecule has 0 saturated carbocycles. The number of amides is 1. The molecule has 3 heterocycles. The fourth-order valence-corrected chi connectivity index (χ4v) is 5.88. The zero-order valence-corrected chi connectivity index (χ0v) is 19.1. The first kappa shape index (κ1) is 20.0. The number of hydrogen-bond acceptors (Lipinski definition) is 3. The van der Waals surface area contributed by atoms with Crippen molar-refractivity contribution in [3.8, 4) is 5.75 Å². The first-order chi connectivity index (χ1) is 16.0. The molecule has 0 fully saturated rings. The number of aryl methyl sites for hydroxylation is 1. The molecular formula is C29H26N2O2. The van der Waals surface area contributed by atoms with Crippen LogP contribution in [0.5, 0.6) is 5.75 Å². The average Bonchev–Trinajstić information content (AvgIpc) is 3.17. The molecule has 0 saturated heterocycles. The third kappa shape index (κ3) is 2.76. The summed E-state index contributed by atoms with van der Waals surface area (Å²) >= 11 is 0. The fraction of sp³-hybridized carbons (Fsp3) is 0.241. The van der Waals surface area contributed by atoms with Gasteiger partial charge < -0.3 is 9.64 Å². The van der Waals surface area contributed by atoms with Crippen LogP contribution in [-0.4, -0.2) is 35.2 Å². The Kier molecular flexibility index (Phi) is 4.34. The zero-order valence-electron chi connectivity index (χ0n) is 19.1. The molecule has 2 atom stereocenters. The van der Waals surface area contributed by atoms with E-state index in [2.05, 4.69) is 73.3 Å². The average molecular weight is 435 g/mol. The molecule has 33 heavy (non-hydrogen) atoms. The summed E-state index contributed by atoms with van der Waals surface area (Å²) < 4.78 is 5.39. The van der Waals surface area contributed by atoms with Crippen molar-refractivity contribution in [2.45, 2.75) is 38.4 Å². The van der Waals surface area contributed by atoms with Crippen molar-refractivity contribution in [3.05, 3.63) is 101 Å². The normalized spacial score (nSPS) is 22.9. The molecule has 4 heteroatoms. The van der Waals surface area contributed by atoms with Crippen LogP contribution in [0.3, 0.4) is 0 Å². The van der Waals surface area contributed by atoms with E-state index >= 15 is 0 Å². The lowest BCUT2D eigenvalue weighted by atomic mass is 9.72. The van der Waals surface area contributed by atoms with Crippen molar-refractivity contribution in [2.75, 3.05) is 7.11 Å². The third-order valence-corrected chi connectivity index (χ3v) is 7.35. The van der Waals surface area contributed by atoms with Gasteiger partial charge in [0.25, 0.3) is 5.91 Å². The number of carbonyl (C=O) groups is 1. The molecule has 7 rings (SSSR count). The number of nitrogens with zero attached hydrogens (tertiary/aromatic N) is 2. The number of aliphatic imine (C=N–C) groups is 1. The van der Waals surface area contributed by atoms with E-state index in [0.717, 1.165) is 33.7 Å². The van der Waals surface area contributed by atoms with Crippen LogP contribution in [0.2, 0.25) is 0 Å². The summed E-state index contributed by atoms with van der Waals surface area (Å²) in [7, 11) is 1.68. The van der Waals surface area contributed by atoms with Crippen molar-refractivity contribution in [2.24, 2.45) is 4.99 Å². The Morgan fingerprint density at radius 1 is 1.03 bits per heavy atom. The van der Waals surface area contributed by atoms with Gasteiger partial charge in [-0.1, -0.05) is 60.7 Å². The molecule has 0 aromatic heterocycles. The lowest BCUT2D eigenvalue weighted by Crippen LogP contribution is -2.62. The highest BCUT2D eigenvalue weighted by Crippen LogP contribution is 2.55. The van der Waals surface area contributed by atoms with Gasteiger partial charge in [0.15, 0.2) is 5.54 Å². The van der Waals surface area contributed by atoms with Crippen LogP contribution in [0.25, 0.3) is 11.1 Å². The van der Waals surface area contributed by atoms with E-state index in [1.807, 2.05) is 18.2 Å². The van der Waals surface area contributed by atoms with Gasteiger partial charge in [-0.05, 0) is 59.4 Å². The van der Waals surface area contributed by atoms with Crippen molar-refractivity contribution in [1.82, 2.24) is 4.90 Å². The summed E-state index contributed by atoms with van der Waals surface area (Å²) in [4.78, 5) is 21.3. The molecule has 1 spiro atoms. The van der Waals surface area contributed by atoms with Crippen LogP contribution in [0.1, 0.15) is 34.7 Å². The second-order valence-corrected chi connectivity index (χ2v) is 9.23. The quantitative estimate of drug-likeness (QED) is 0.574. The zero-order chi connectivity index (χ0) is 22.7. The van der Waals surface area contributed by atoms with Gasteiger partial charge in [-0.15, -0.1) is 0 Å². The van der Waals surface area contributed by atoms with Gasteiger partial charge >= 0.3 is 0 Å². The van der Waals surface area contributed by atoms with E-state index in [9.17, 15) is 4.79 Å². The molecule has 4 aliphatic rings. The summed E-state index contributed by atoms with van der Waals surface area (Å²) in [6, 6.07) is 24.8. The topological polar surface area (TPSA) is 41.9 Å². The van der Waals surface area contributed by atoms with Gasteiger partial charge in [-0.25, -0.2) is 0 Å². The maximum absolute atomic E-state index is 14.2. The molecule has 164 valence electrons. The van der Waals surface area contributed by atoms with E-state index in [-0.39, 0.29) is 11.9 Å². The van der Waals surface area contributed by atoms with Gasteiger partial charge in [0, 0.05) is 24.3 Å². The number of dihydropyridines is 1. The van der Waals surface area contributed by atoms with Crippen LogP contribution < -0.4 is 4.74 Å². The highest BCUT2D eigenvalue weighted by molar-refractivity contribution is 6.24. The largest absolute Gasteiger partial charge is 0.497 e. The van der Waals surface area contributed by atoms with Crippen LogP contribution in [0.4, 0.5) is 0 Å². The van der Waals surface area contributed by atoms with E-state index < -0.39 is 5.54 Å². The minimum absolute atomic E-state index is 0.110. The maximum atomic E-state index is 14.2. The summed E-state index contributed by atoms with van der Waals surface area (Å²) in [6.07, 6.45) is 0.621. The molecule has 1 amide bonds. The molecule has 3 aromatic carbocycles. The van der Waals surface area contributed by atoms with Crippen molar-refractivity contribution >= 4 is 22.8 Å². The monoisotopic (exact) mass is 434 g/mol. The second-order valence-electron chi connectivity index (χ2n) is 9.23. The Labute approximate surface area is 194 Å². The first-order valence-corrected chi connectivity index (χ1v) is 11.4. The van der Waals surface area contributed by atoms with Gasteiger partial charge in [0.05, 0.1) is 13.2 Å². The van der Waals surface area contributed by atoms with E-state index in [0.29, 0.717) is 13.0 Å². The summed E-state index contributed by atoms with van der Waals surface area (Å²) in [6.45, 7) is 4.71. The predicted molar refractivity (Wildman–Crippen MR) is 131 cm³/mol.